The number of hydrogen-bond acceptors (Lipinski definition) is 4. The number of benzene rings is 1. The molecular weight excluding hydrogens is 310 g/mol. The number of rotatable bonds is 8. The van der Waals surface area contributed by atoms with E-state index in [1.54, 1.807) is 18.3 Å². The highest BCUT2D eigenvalue weighted by atomic mass is 32.1. The van der Waals surface area contributed by atoms with E-state index in [2.05, 4.69) is 21.7 Å². The lowest BCUT2D eigenvalue weighted by atomic mass is 10.2. The third kappa shape index (κ3) is 5.32. The lowest BCUT2D eigenvalue weighted by Crippen LogP contribution is -2.44. The zero-order chi connectivity index (χ0) is 16.7. The molecule has 0 radical (unpaired) electrons. The summed E-state index contributed by atoms with van der Waals surface area (Å²) in [6.45, 7) is 4.12. The zero-order valence-electron chi connectivity index (χ0n) is 13.6. The van der Waals surface area contributed by atoms with Gasteiger partial charge < -0.3 is 10.6 Å². The number of nitrogens with zero attached hydrogens (tertiary/aromatic N) is 1. The maximum absolute atomic E-state index is 11.8. The quantitative estimate of drug-likeness (QED) is 0.730. The largest absolute Gasteiger partial charge is 0.355 e. The molecule has 0 saturated heterocycles. The molecule has 2 amide bonds. The van der Waals surface area contributed by atoms with E-state index >= 15 is 0 Å². The van der Waals surface area contributed by atoms with Crippen molar-refractivity contribution >= 4 is 33.4 Å². The lowest BCUT2D eigenvalue weighted by molar-refractivity contribution is -0.128. The van der Waals surface area contributed by atoms with E-state index < -0.39 is 6.04 Å². The number of unbranched alkanes of at least 4 members (excludes halogenated alkanes) is 1. The first-order valence-electron chi connectivity index (χ1n) is 8.01. The van der Waals surface area contributed by atoms with E-state index in [1.807, 2.05) is 25.1 Å². The Labute approximate surface area is 140 Å². The first-order chi connectivity index (χ1) is 11.1. The lowest BCUT2D eigenvalue weighted by Gasteiger charge is -2.13. The number of carbonyl (C=O) groups is 2. The van der Waals surface area contributed by atoms with Crippen LogP contribution in [0.3, 0.4) is 0 Å². The van der Waals surface area contributed by atoms with Crippen molar-refractivity contribution in [1.29, 1.82) is 0 Å². The van der Waals surface area contributed by atoms with Crippen molar-refractivity contribution in [1.82, 2.24) is 15.6 Å². The Morgan fingerprint density at radius 3 is 2.78 bits per heavy atom. The van der Waals surface area contributed by atoms with Gasteiger partial charge in [-0.25, -0.2) is 4.98 Å². The van der Waals surface area contributed by atoms with Gasteiger partial charge in [-0.05, 0) is 45.2 Å². The van der Waals surface area contributed by atoms with Crippen LogP contribution in [-0.4, -0.2) is 29.4 Å². The summed E-state index contributed by atoms with van der Waals surface area (Å²) in [5.74, 6) is -0.219. The molecule has 0 fully saturated rings. The molecule has 124 valence electrons. The predicted molar refractivity (Wildman–Crippen MR) is 93.5 cm³/mol. The summed E-state index contributed by atoms with van der Waals surface area (Å²) < 4.78 is 1.20. The summed E-state index contributed by atoms with van der Waals surface area (Å²) in [6, 6.07) is 7.63. The topological polar surface area (TPSA) is 71.1 Å². The number of aromatic nitrogens is 1. The minimum atomic E-state index is -0.480. The van der Waals surface area contributed by atoms with Crippen LogP contribution in [0.4, 0.5) is 0 Å². The highest BCUT2D eigenvalue weighted by Crippen LogP contribution is 2.22. The second-order valence-corrected chi connectivity index (χ2v) is 6.58. The standard InChI is InChI=1S/C17H23N3O2S/c1-3-18-17(22)12(2)19-15(21)10-6-7-11-16-20-13-8-4-5-9-14(13)23-16/h4-5,8-9,12H,3,6-7,10-11H2,1-2H3,(H,18,22)(H,19,21)/t12-/m1/s1. The van der Waals surface area contributed by atoms with Crippen molar-refractivity contribution in [3.63, 3.8) is 0 Å². The first-order valence-corrected chi connectivity index (χ1v) is 8.83. The van der Waals surface area contributed by atoms with Crippen LogP contribution in [0.2, 0.25) is 0 Å². The van der Waals surface area contributed by atoms with Crippen LogP contribution in [-0.2, 0) is 16.0 Å². The Kier molecular flexibility index (Phi) is 6.52. The normalized spacial score (nSPS) is 12.1. The fraction of sp³-hybridized carbons (Fsp3) is 0.471. The van der Waals surface area contributed by atoms with Crippen LogP contribution in [0.15, 0.2) is 24.3 Å². The van der Waals surface area contributed by atoms with Gasteiger partial charge in [0.15, 0.2) is 0 Å². The molecule has 0 unspecified atom stereocenters. The van der Waals surface area contributed by atoms with E-state index in [1.165, 1.54) is 4.70 Å². The molecule has 1 aromatic heterocycles. The summed E-state index contributed by atoms with van der Waals surface area (Å²) in [5, 5.41) is 6.53. The molecule has 0 bridgehead atoms. The van der Waals surface area contributed by atoms with Crippen LogP contribution in [0, 0.1) is 0 Å². The fourth-order valence-corrected chi connectivity index (χ4v) is 3.30. The van der Waals surface area contributed by atoms with Gasteiger partial charge in [0, 0.05) is 13.0 Å². The molecule has 0 aliphatic heterocycles. The Morgan fingerprint density at radius 2 is 2.04 bits per heavy atom. The predicted octanol–water partition coefficient (Wildman–Crippen LogP) is 2.65. The number of amides is 2. The molecule has 0 aliphatic rings. The molecule has 0 aliphatic carbocycles. The third-order valence-corrected chi connectivity index (χ3v) is 4.60. The van der Waals surface area contributed by atoms with E-state index in [9.17, 15) is 9.59 Å². The van der Waals surface area contributed by atoms with Crippen molar-refractivity contribution in [2.24, 2.45) is 0 Å². The van der Waals surface area contributed by atoms with Crippen molar-refractivity contribution in [3.05, 3.63) is 29.3 Å². The number of carbonyl (C=O) groups excluding carboxylic acids is 2. The van der Waals surface area contributed by atoms with Gasteiger partial charge in [-0.1, -0.05) is 12.1 Å². The average Bonchev–Trinajstić information content (AvgIpc) is 2.94. The van der Waals surface area contributed by atoms with Gasteiger partial charge >= 0.3 is 0 Å². The van der Waals surface area contributed by atoms with Crippen LogP contribution in [0.25, 0.3) is 10.2 Å². The highest BCUT2D eigenvalue weighted by Gasteiger charge is 2.14. The Hall–Kier alpha value is -1.95. The van der Waals surface area contributed by atoms with E-state index in [0.29, 0.717) is 13.0 Å². The van der Waals surface area contributed by atoms with Crippen LogP contribution < -0.4 is 10.6 Å². The van der Waals surface area contributed by atoms with Gasteiger partial charge in [0.1, 0.15) is 6.04 Å². The molecule has 2 aromatic rings. The second kappa shape index (κ2) is 8.62. The molecule has 2 N–H and O–H groups in total. The SMILES string of the molecule is CCNC(=O)[C@@H](C)NC(=O)CCCCc1nc2ccccc2s1. The molecule has 0 spiro atoms. The number of likely N-dealkylation sites (N-methyl/N-ethyl adjacent to an activating group) is 1. The minimum absolute atomic E-state index is 0.0759. The fourth-order valence-electron chi connectivity index (χ4n) is 2.30. The Balaban J connectivity index is 1.68. The summed E-state index contributed by atoms with van der Waals surface area (Å²) in [6.07, 6.45) is 3.04. The summed E-state index contributed by atoms with van der Waals surface area (Å²) in [5.41, 5.74) is 1.04. The number of thiazole rings is 1. The van der Waals surface area contributed by atoms with Gasteiger partial charge in [0.2, 0.25) is 11.8 Å². The molecular formula is C17H23N3O2S. The van der Waals surface area contributed by atoms with Crippen molar-refractivity contribution in [3.8, 4) is 0 Å². The van der Waals surface area contributed by atoms with Crippen LogP contribution >= 0.6 is 11.3 Å². The number of nitrogens with one attached hydrogen (secondary N) is 2. The minimum Gasteiger partial charge on any atom is -0.355 e. The molecule has 2 rings (SSSR count). The van der Waals surface area contributed by atoms with Gasteiger partial charge in [0.25, 0.3) is 0 Å². The smallest absolute Gasteiger partial charge is 0.242 e. The number of para-hydroxylation sites is 1. The van der Waals surface area contributed by atoms with Gasteiger partial charge in [0.05, 0.1) is 15.2 Å². The zero-order valence-corrected chi connectivity index (χ0v) is 14.4. The van der Waals surface area contributed by atoms with Crippen LogP contribution in [0.1, 0.15) is 38.1 Å². The van der Waals surface area contributed by atoms with Gasteiger partial charge in [-0.15, -0.1) is 11.3 Å². The number of hydrogen-bond donors (Lipinski definition) is 2. The monoisotopic (exact) mass is 333 g/mol. The molecule has 1 atom stereocenters. The third-order valence-electron chi connectivity index (χ3n) is 3.50. The van der Waals surface area contributed by atoms with E-state index in [-0.39, 0.29) is 11.8 Å². The molecule has 6 heteroatoms. The van der Waals surface area contributed by atoms with Gasteiger partial charge in [-0.3, -0.25) is 9.59 Å². The second-order valence-electron chi connectivity index (χ2n) is 5.47. The maximum atomic E-state index is 11.8. The average molecular weight is 333 g/mol. The molecule has 5 nitrogen and oxygen atoms in total. The maximum Gasteiger partial charge on any atom is 0.242 e. The highest BCUT2D eigenvalue weighted by molar-refractivity contribution is 7.18. The van der Waals surface area contributed by atoms with Gasteiger partial charge in [-0.2, -0.15) is 0 Å². The van der Waals surface area contributed by atoms with E-state index in [0.717, 1.165) is 29.8 Å². The van der Waals surface area contributed by atoms with E-state index in [4.69, 9.17) is 0 Å². The first kappa shape index (κ1) is 17.4. The molecule has 23 heavy (non-hydrogen) atoms. The molecule has 1 heterocycles. The molecule has 1 aromatic carbocycles. The Morgan fingerprint density at radius 1 is 1.26 bits per heavy atom. The number of fused-ring (bicyclic) bond motifs is 1. The summed E-state index contributed by atoms with van der Waals surface area (Å²) in [7, 11) is 0. The summed E-state index contributed by atoms with van der Waals surface area (Å²) in [4.78, 5) is 27.9. The number of aryl methyl sites for hydroxylation is 1. The van der Waals surface area contributed by atoms with Crippen molar-refractivity contribution in [2.75, 3.05) is 6.54 Å². The summed E-state index contributed by atoms with van der Waals surface area (Å²) >= 11 is 1.71. The molecule has 0 saturated carbocycles. The Bertz CT molecular complexity index is 636. The van der Waals surface area contributed by atoms with Crippen molar-refractivity contribution in [2.45, 2.75) is 45.6 Å². The van der Waals surface area contributed by atoms with Crippen LogP contribution in [0.5, 0.6) is 0 Å². The van der Waals surface area contributed by atoms with Crippen molar-refractivity contribution < 1.29 is 9.59 Å².